The van der Waals surface area contributed by atoms with Gasteiger partial charge in [0.15, 0.2) is 0 Å². The molecule has 0 spiro atoms. The predicted molar refractivity (Wildman–Crippen MR) is 38.6 cm³/mol. The third-order valence-corrected chi connectivity index (χ3v) is 2.25. The molecule has 0 aromatic heterocycles. The summed E-state index contributed by atoms with van der Waals surface area (Å²) in [7, 11) is 0. The Bertz CT molecular complexity index is 131. The lowest BCUT2D eigenvalue weighted by atomic mass is 9.99. The molecule has 1 N–H and O–H groups in total. The van der Waals surface area contributed by atoms with Gasteiger partial charge in [0.05, 0.1) is 6.10 Å². The first-order valence-electron chi connectivity index (χ1n) is 3.93. The van der Waals surface area contributed by atoms with Gasteiger partial charge in [0, 0.05) is 12.8 Å². The molecular formula is C8H14O2. The summed E-state index contributed by atoms with van der Waals surface area (Å²) in [5, 5.41) is 9.32. The molecule has 1 fully saturated rings. The van der Waals surface area contributed by atoms with E-state index in [9.17, 15) is 9.90 Å². The number of carbonyl (C=O) groups is 1. The van der Waals surface area contributed by atoms with Crippen molar-refractivity contribution in [3.63, 3.8) is 0 Å². The highest BCUT2D eigenvalue weighted by Gasteiger charge is 2.26. The van der Waals surface area contributed by atoms with Gasteiger partial charge in [-0.3, -0.25) is 4.79 Å². The second kappa shape index (κ2) is 3.15. The first-order valence-corrected chi connectivity index (χ1v) is 3.93. The van der Waals surface area contributed by atoms with Gasteiger partial charge >= 0.3 is 0 Å². The SMILES string of the molecule is CC[C@@H](O)[C@H]1CCC(=O)C1. The summed E-state index contributed by atoms with van der Waals surface area (Å²) in [6.45, 7) is 1.95. The molecule has 0 aromatic carbocycles. The van der Waals surface area contributed by atoms with Gasteiger partial charge in [-0.25, -0.2) is 0 Å². The smallest absolute Gasteiger partial charge is 0.133 e. The molecule has 58 valence electrons. The van der Waals surface area contributed by atoms with Crippen LogP contribution in [0.4, 0.5) is 0 Å². The van der Waals surface area contributed by atoms with Crippen molar-refractivity contribution in [3.05, 3.63) is 0 Å². The lowest BCUT2D eigenvalue weighted by Crippen LogP contribution is -2.16. The molecule has 2 nitrogen and oxygen atoms in total. The normalized spacial score (nSPS) is 29.0. The van der Waals surface area contributed by atoms with E-state index in [1.54, 1.807) is 0 Å². The van der Waals surface area contributed by atoms with Crippen molar-refractivity contribution in [1.82, 2.24) is 0 Å². The van der Waals surface area contributed by atoms with Gasteiger partial charge in [0.1, 0.15) is 5.78 Å². The molecule has 1 saturated carbocycles. The van der Waals surface area contributed by atoms with Crippen LogP contribution in [0.1, 0.15) is 32.6 Å². The number of carbonyl (C=O) groups excluding carboxylic acids is 1. The number of Topliss-reactive ketones (excluding diaryl/α,β-unsaturated/α-hetero) is 1. The van der Waals surface area contributed by atoms with Crippen LogP contribution in [-0.2, 0) is 4.79 Å². The third kappa shape index (κ3) is 1.57. The largest absolute Gasteiger partial charge is 0.393 e. The minimum absolute atomic E-state index is 0.244. The highest BCUT2D eigenvalue weighted by Crippen LogP contribution is 2.26. The maximum absolute atomic E-state index is 10.8. The van der Waals surface area contributed by atoms with Crippen LogP contribution < -0.4 is 0 Å². The predicted octanol–water partition coefficient (Wildman–Crippen LogP) is 1.13. The molecule has 0 radical (unpaired) electrons. The molecule has 2 heteroatoms. The Balaban J connectivity index is 2.36. The summed E-state index contributed by atoms with van der Waals surface area (Å²) in [5.74, 6) is 0.579. The molecule has 0 amide bonds. The topological polar surface area (TPSA) is 37.3 Å². The van der Waals surface area contributed by atoms with Crippen molar-refractivity contribution >= 4 is 5.78 Å². The zero-order valence-electron chi connectivity index (χ0n) is 6.34. The molecule has 0 heterocycles. The molecule has 0 saturated heterocycles. The molecule has 0 aromatic rings. The van der Waals surface area contributed by atoms with Crippen molar-refractivity contribution in [2.45, 2.75) is 38.7 Å². The van der Waals surface area contributed by atoms with Crippen molar-refractivity contribution in [1.29, 1.82) is 0 Å². The van der Waals surface area contributed by atoms with Crippen LogP contribution in [0.3, 0.4) is 0 Å². The van der Waals surface area contributed by atoms with Gasteiger partial charge in [-0.2, -0.15) is 0 Å². The van der Waals surface area contributed by atoms with Crippen LogP contribution in [0, 0.1) is 5.92 Å². The minimum Gasteiger partial charge on any atom is -0.393 e. The van der Waals surface area contributed by atoms with Crippen LogP contribution in [0.5, 0.6) is 0 Å². The van der Waals surface area contributed by atoms with Gasteiger partial charge in [0.25, 0.3) is 0 Å². The first-order chi connectivity index (χ1) is 4.74. The van der Waals surface area contributed by atoms with E-state index < -0.39 is 0 Å². The fourth-order valence-electron chi connectivity index (χ4n) is 1.50. The second-order valence-electron chi connectivity index (χ2n) is 3.02. The van der Waals surface area contributed by atoms with Crippen molar-refractivity contribution in [2.75, 3.05) is 0 Å². The van der Waals surface area contributed by atoms with Crippen molar-refractivity contribution < 1.29 is 9.90 Å². The second-order valence-corrected chi connectivity index (χ2v) is 3.02. The van der Waals surface area contributed by atoms with Gasteiger partial charge < -0.3 is 5.11 Å². The molecule has 0 aliphatic heterocycles. The lowest BCUT2D eigenvalue weighted by Gasteiger charge is -2.13. The Labute approximate surface area is 61.2 Å². The van der Waals surface area contributed by atoms with E-state index in [1.165, 1.54) is 0 Å². The standard InChI is InChI=1S/C8H14O2/c1-2-8(10)6-3-4-7(9)5-6/h6,8,10H,2-5H2,1H3/t6-,8+/m0/s1. The Hall–Kier alpha value is -0.370. The Morgan fingerprint density at radius 1 is 1.80 bits per heavy atom. The van der Waals surface area contributed by atoms with E-state index in [2.05, 4.69) is 0 Å². The number of ketones is 1. The van der Waals surface area contributed by atoms with Crippen LogP contribution >= 0.6 is 0 Å². The summed E-state index contributed by atoms with van der Waals surface area (Å²) in [6, 6.07) is 0. The summed E-state index contributed by atoms with van der Waals surface area (Å²) >= 11 is 0. The maximum Gasteiger partial charge on any atom is 0.133 e. The number of aliphatic hydroxyl groups excluding tert-OH is 1. The van der Waals surface area contributed by atoms with Crippen molar-refractivity contribution in [3.8, 4) is 0 Å². The highest BCUT2D eigenvalue weighted by molar-refractivity contribution is 5.80. The van der Waals surface area contributed by atoms with Gasteiger partial charge in [-0.1, -0.05) is 6.92 Å². The van der Waals surface area contributed by atoms with E-state index in [0.717, 1.165) is 12.8 Å². The highest BCUT2D eigenvalue weighted by atomic mass is 16.3. The quantitative estimate of drug-likeness (QED) is 0.627. The maximum atomic E-state index is 10.8. The first kappa shape index (κ1) is 7.73. The number of hydrogen-bond acceptors (Lipinski definition) is 2. The number of hydrogen-bond donors (Lipinski definition) is 1. The summed E-state index contributed by atoms with van der Waals surface area (Å²) in [5.41, 5.74) is 0. The summed E-state index contributed by atoms with van der Waals surface area (Å²) in [6.07, 6.45) is 2.72. The summed E-state index contributed by atoms with van der Waals surface area (Å²) < 4.78 is 0. The van der Waals surface area contributed by atoms with E-state index in [1.807, 2.05) is 6.92 Å². The Morgan fingerprint density at radius 3 is 2.90 bits per heavy atom. The molecule has 2 atom stereocenters. The zero-order valence-corrected chi connectivity index (χ0v) is 6.34. The average molecular weight is 142 g/mol. The van der Waals surface area contributed by atoms with Crippen LogP contribution in [0.25, 0.3) is 0 Å². The van der Waals surface area contributed by atoms with E-state index in [0.29, 0.717) is 18.6 Å². The lowest BCUT2D eigenvalue weighted by molar-refractivity contribution is -0.117. The minimum atomic E-state index is -0.244. The number of aliphatic hydroxyl groups is 1. The molecule has 10 heavy (non-hydrogen) atoms. The van der Waals surface area contributed by atoms with Gasteiger partial charge in [-0.15, -0.1) is 0 Å². The van der Waals surface area contributed by atoms with Crippen LogP contribution in [0.15, 0.2) is 0 Å². The fourth-order valence-corrected chi connectivity index (χ4v) is 1.50. The average Bonchev–Trinajstić information content (AvgIpc) is 2.34. The van der Waals surface area contributed by atoms with E-state index in [-0.39, 0.29) is 12.0 Å². The number of rotatable bonds is 2. The molecular weight excluding hydrogens is 128 g/mol. The van der Waals surface area contributed by atoms with Crippen molar-refractivity contribution in [2.24, 2.45) is 5.92 Å². The van der Waals surface area contributed by atoms with Gasteiger partial charge in [-0.05, 0) is 18.8 Å². The van der Waals surface area contributed by atoms with E-state index >= 15 is 0 Å². The monoisotopic (exact) mass is 142 g/mol. The molecule has 1 aliphatic rings. The molecule has 1 aliphatic carbocycles. The molecule has 0 bridgehead atoms. The molecule has 0 unspecified atom stereocenters. The fraction of sp³-hybridized carbons (Fsp3) is 0.875. The van der Waals surface area contributed by atoms with Gasteiger partial charge in [0.2, 0.25) is 0 Å². The third-order valence-electron chi connectivity index (χ3n) is 2.25. The van der Waals surface area contributed by atoms with E-state index in [4.69, 9.17) is 0 Å². The van der Waals surface area contributed by atoms with Crippen LogP contribution in [0.2, 0.25) is 0 Å². The zero-order chi connectivity index (χ0) is 7.56. The Kier molecular flexibility index (Phi) is 2.44. The molecule has 1 rings (SSSR count). The Morgan fingerprint density at radius 2 is 2.50 bits per heavy atom. The summed E-state index contributed by atoms with van der Waals surface area (Å²) in [4.78, 5) is 10.8. The van der Waals surface area contributed by atoms with Crippen LogP contribution in [-0.4, -0.2) is 17.0 Å².